The van der Waals surface area contributed by atoms with Gasteiger partial charge in [0.05, 0.1) is 0 Å². The summed E-state index contributed by atoms with van der Waals surface area (Å²) in [5.41, 5.74) is 1.87. The molecule has 0 spiro atoms. The molecule has 2 aromatic rings. The van der Waals surface area contributed by atoms with Crippen molar-refractivity contribution in [3.05, 3.63) is 64.7 Å². The van der Waals surface area contributed by atoms with Crippen LogP contribution in [0.3, 0.4) is 0 Å². The summed E-state index contributed by atoms with van der Waals surface area (Å²) in [5.74, 6) is 0.942. The van der Waals surface area contributed by atoms with E-state index < -0.39 is 0 Å². The highest BCUT2D eigenvalue weighted by Crippen LogP contribution is 2.24. The van der Waals surface area contributed by atoms with Crippen molar-refractivity contribution >= 4 is 35.2 Å². The lowest BCUT2D eigenvalue weighted by Crippen LogP contribution is -2.50. The molecule has 4 nitrogen and oxygen atoms in total. The molecule has 2 amide bonds. The van der Waals surface area contributed by atoms with Gasteiger partial charge in [-0.15, -0.1) is 11.8 Å². The summed E-state index contributed by atoms with van der Waals surface area (Å²) in [6.07, 6.45) is 0. The summed E-state index contributed by atoms with van der Waals surface area (Å²) in [7, 11) is 0. The lowest BCUT2D eigenvalue weighted by molar-refractivity contribution is -0.130. The van der Waals surface area contributed by atoms with Crippen LogP contribution in [0.1, 0.15) is 22.8 Å². The van der Waals surface area contributed by atoms with Gasteiger partial charge < -0.3 is 9.80 Å². The second kappa shape index (κ2) is 8.60. The fraction of sp³-hybridized carbons (Fsp3) is 0.300. The standard InChI is InChI=1S/C20H21ClN2O2S/c1-15(24)22-10-12-23(13-11-22)20(25)17-4-2-16(3-5-17)14-26-19-8-6-18(21)7-9-19/h2-9H,10-14H2,1H3. The highest BCUT2D eigenvalue weighted by atomic mass is 35.5. The summed E-state index contributed by atoms with van der Waals surface area (Å²) in [5, 5.41) is 0.737. The number of benzene rings is 2. The van der Waals surface area contributed by atoms with Crippen molar-refractivity contribution in [3.8, 4) is 0 Å². The highest BCUT2D eigenvalue weighted by molar-refractivity contribution is 7.98. The number of carbonyl (C=O) groups is 2. The van der Waals surface area contributed by atoms with Crippen LogP contribution in [0.2, 0.25) is 5.02 Å². The molecule has 1 aliphatic rings. The molecule has 26 heavy (non-hydrogen) atoms. The van der Waals surface area contributed by atoms with Gasteiger partial charge in [-0.2, -0.15) is 0 Å². The lowest BCUT2D eigenvalue weighted by atomic mass is 10.1. The van der Waals surface area contributed by atoms with Crippen LogP contribution in [-0.2, 0) is 10.5 Å². The zero-order chi connectivity index (χ0) is 18.5. The largest absolute Gasteiger partial charge is 0.339 e. The average molecular weight is 389 g/mol. The number of rotatable bonds is 4. The Labute approximate surface area is 163 Å². The second-order valence-corrected chi connectivity index (χ2v) is 7.72. The van der Waals surface area contributed by atoms with Gasteiger partial charge in [0.2, 0.25) is 5.91 Å². The Morgan fingerprint density at radius 3 is 2.08 bits per heavy atom. The Bertz CT molecular complexity index is 769. The quantitative estimate of drug-likeness (QED) is 0.745. The first-order valence-corrected chi connectivity index (χ1v) is 9.91. The molecule has 136 valence electrons. The van der Waals surface area contributed by atoms with Gasteiger partial charge in [0.15, 0.2) is 0 Å². The molecule has 0 N–H and O–H groups in total. The van der Waals surface area contributed by atoms with Crippen LogP contribution >= 0.6 is 23.4 Å². The summed E-state index contributed by atoms with van der Waals surface area (Å²) in [6.45, 7) is 3.96. The van der Waals surface area contributed by atoms with E-state index in [4.69, 9.17) is 11.6 Å². The van der Waals surface area contributed by atoms with Gasteiger partial charge in [-0.3, -0.25) is 9.59 Å². The summed E-state index contributed by atoms with van der Waals surface area (Å²) in [4.78, 5) is 28.7. The van der Waals surface area contributed by atoms with Crippen molar-refractivity contribution in [2.45, 2.75) is 17.6 Å². The second-order valence-electron chi connectivity index (χ2n) is 6.24. The van der Waals surface area contributed by atoms with Crippen molar-refractivity contribution in [2.24, 2.45) is 0 Å². The number of hydrogen-bond acceptors (Lipinski definition) is 3. The maximum Gasteiger partial charge on any atom is 0.253 e. The van der Waals surface area contributed by atoms with Gasteiger partial charge in [0.25, 0.3) is 5.91 Å². The van der Waals surface area contributed by atoms with Crippen molar-refractivity contribution in [1.82, 2.24) is 9.80 Å². The fourth-order valence-corrected chi connectivity index (χ4v) is 3.83. The van der Waals surface area contributed by atoms with E-state index in [2.05, 4.69) is 0 Å². The zero-order valence-electron chi connectivity index (χ0n) is 14.7. The fourth-order valence-electron chi connectivity index (χ4n) is 2.85. The molecule has 0 bridgehead atoms. The van der Waals surface area contributed by atoms with Crippen molar-refractivity contribution in [2.75, 3.05) is 26.2 Å². The van der Waals surface area contributed by atoms with Gasteiger partial charge in [-0.25, -0.2) is 0 Å². The molecular weight excluding hydrogens is 368 g/mol. The van der Waals surface area contributed by atoms with Crippen LogP contribution in [0.5, 0.6) is 0 Å². The molecule has 0 saturated carbocycles. The molecule has 6 heteroatoms. The van der Waals surface area contributed by atoms with Crippen LogP contribution < -0.4 is 0 Å². The zero-order valence-corrected chi connectivity index (χ0v) is 16.2. The summed E-state index contributed by atoms with van der Waals surface area (Å²) < 4.78 is 0. The first-order chi connectivity index (χ1) is 12.5. The topological polar surface area (TPSA) is 40.6 Å². The van der Waals surface area contributed by atoms with E-state index in [1.54, 1.807) is 23.6 Å². The Morgan fingerprint density at radius 2 is 1.50 bits per heavy atom. The maximum atomic E-state index is 12.6. The van der Waals surface area contributed by atoms with Gasteiger partial charge in [-0.1, -0.05) is 23.7 Å². The normalized spacial score (nSPS) is 14.4. The van der Waals surface area contributed by atoms with Gasteiger partial charge in [0, 0.05) is 54.3 Å². The van der Waals surface area contributed by atoms with Gasteiger partial charge in [0.1, 0.15) is 0 Å². The van der Waals surface area contributed by atoms with Crippen molar-refractivity contribution in [1.29, 1.82) is 0 Å². The molecule has 0 aliphatic carbocycles. The number of thioether (sulfide) groups is 1. The minimum absolute atomic E-state index is 0.0325. The van der Waals surface area contributed by atoms with E-state index in [0.29, 0.717) is 31.7 Å². The minimum Gasteiger partial charge on any atom is -0.339 e. The Morgan fingerprint density at radius 1 is 0.923 bits per heavy atom. The molecule has 0 atom stereocenters. The number of carbonyl (C=O) groups excluding carboxylic acids is 2. The van der Waals surface area contributed by atoms with Crippen molar-refractivity contribution in [3.63, 3.8) is 0 Å². The number of piperazine rings is 1. The number of hydrogen-bond donors (Lipinski definition) is 0. The predicted molar refractivity (Wildman–Crippen MR) is 106 cm³/mol. The van der Waals surface area contributed by atoms with E-state index in [1.807, 2.05) is 53.4 Å². The molecule has 2 aromatic carbocycles. The molecule has 1 aliphatic heterocycles. The molecule has 0 unspecified atom stereocenters. The smallest absolute Gasteiger partial charge is 0.253 e. The molecule has 3 rings (SSSR count). The third-order valence-electron chi connectivity index (χ3n) is 4.43. The molecule has 0 radical (unpaired) electrons. The molecule has 1 saturated heterocycles. The van der Waals surface area contributed by atoms with E-state index in [0.717, 1.165) is 15.7 Å². The summed E-state index contributed by atoms with van der Waals surface area (Å²) >= 11 is 7.63. The SMILES string of the molecule is CC(=O)N1CCN(C(=O)c2ccc(CSc3ccc(Cl)cc3)cc2)CC1. The first-order valence-electron chi connectivity index (χ1n) is 8.55. The third-order valence-corrected chi connectivity index (χ3v) is 5.77. The van der Waals surface area contributed by atoms with E-state index in [1.165, 1.54) is 5.56 Å². The van der Waals surface area contributed by atoms with E-state index in [9.17, 15) is 9.59 Å². The van der Waals surface area contributed by atoms with E-state index in [-0.39, 0.29) is 11.8 Å². The van der Waals surface area contributed by atoms with Gasteiger partial charge >= 0.3 is 0 Å². The minimum atomic E-state index is 0.0325. The van der Waals surface area contributed by atoms with Gasteiger partial charge in [-0.05, 0) is 42.0 Å². The van der Waals surface area contributed by atoms with Crippen LogP contribution in [-0.4, -0.2) is 47.8 Å². The Hall–Kier alpha value is -1.98. The maximum absolute atomic E-state index is 12.6. The first kappa shape index (κ1) is 18.8. The van der Waals surface area contributed by atoms with Crippen LogP contribution in [0.25, 0.3) is 0 Å². The lowest BCUT2D eigenvalue weighted by Gasteiger charge is -2.34. The Balaban J connectivity index is 1.54. The van der Waals surface area contributed by atoms with Crippen LogP contribution in [0.15, 0.2) is 53.4 Å². The number of nitrogens with zero attached hydrogens (tertiary/aromatic N) is 2. The highest BCUT2D eigenvalue weighted by Gasteiger charge is 2.23. The predicted octanol–water partition coefficient (Wildman–Crippen LogP) is 3.94. The third kappa shape index (κ3) is 4.80. The number of halogens is 1. The van der Waals surface area contributed by atoms with Crippen LogP contribution in [0.4, 0.5) is 0 Å². The molecule has 0 aromatic heterocycles. The monoisotopic (exact) mass is 388 g/mol. The Kier molecular flexibility index (Phi) is 6.22. The van der Waals surface area contributed by atoms with Crippen molar-refractivity contribution < 1.29 is 9.59 Å². The van der Waals surface area contributed by atoms with E-state index >= 15 is 0 Å². The average Bonchev–Trinajstić information content (AvgIpc) is 2.67. The van der Waals surface area contributed by atoms with Crippen LogP contribution in [0, 0.1) is 0 Å². The molecular formula is C20H21ClN2O2S. The molecule has 1 heterocycles. The summed E-state index contributed by atoms with van der Waals surface area (Å²) in [6, 6.07) is 15.6. The number of amides is 2. The molecule has 1 fully saturated rings.